The lowest BCUT2D eigenvalue weighted by Crippen LogP contribution is -2.53. The van der Waals surface area contributed by atoms with Crippen LogP contribution in [0.1, 0.15) is 27.2 Å². The zero-order chi connectivity index (χ0) is 9.19. The molecule has 1 aliphatic heterocycles. The van der Waals surface area contributed by atoms with E-state index in [9.17, 15) is 0 Å². The fourth-order valence-corrected chi connectivity index (χ4v) is 2.27. The summed E-state index contributed by atoms with van der Waals surface area (Å²) in [5, 5.41) is 3.41. The van der Waals surface area contributed by atoms with E-state index < -0.39 is 0 Å². The van der Waals surface area contributed by atoms with E-state index in [2.05, 4.69) is 38.0 Å². The molecule has 2 nitrogen and oxygen atoms in total. The summed E-state index contributed by atoms with van der Waals surface area (Å²) in [6.07, 6.45) is 1.29. The highest BCUT2D eigenvalue weighted by Crippen LogP contribution is 2.28. The summed E-state index contributed by atoms with van der Waals surface area (Å²) >= 11 is 0. The number of nitrogens with one attached hydrogen (secondary N) is 1. The molecule has 1 atom stereocenters. The number of rotatable bonds is 2. The molecular weight excluding hydrogens is 148 g/mol. The summed E-state index contributed by atoms with van der Waals surface area (Å²) < 4.78 is 0. The molecule has 0 aromatic heterocycles. The summed E-state index contributed by atoms with van der Waals surface area (Å²) in [5.74, 6) is 0. The van der Waals surface area contributed by atoms with Crippen LogP contribution in [0.3, 0.4) is 0 Å². The first-order chi connectivity index (χ1) is 5.60. The van der Waals surface area contributed by atoms with Gasteiger partial charge in [0.25, 0.3) is 0 Å². The number of likely N-dealkylation sites (tertiary alicyclic amines) is 1. The van der Waals surface area contributed by atoms with Crippen molar-refractivity contribution in [2.75, 3.05) is 26.7 Å². The Labute approximate surface area is 76.3 Å². The molecule has 1 heterocycles. The van der Waals surface area contributed by atoms with Gasteiger partial charge in [-0.1, -0.05) is 20.8 Å². The highest BCUT2D eigenvalue weighted by atomic mass is 15.1. The Morgan fingerprint density at radius 3 is 2.58 bits per heavy atom. The molecule has 0 spiro atoms. The van der Waals surface area contributed by atoms with Crippen LogP contribution in [0.5, 0.6) is 0 Å². The molecule has 1 rings (SSSR count). The quantitative estimate of drug-likeness (QED) is 0.672. The fraction of sp³-hybridized carbons (Fsp3) is 1.00. The highest BCUT2D eigenvalue weighted by molar-refractivity contribution is 4.90. The number of hydrogen-bond acceptors (Lipinski definition) is 2. The van der Waals surface area contributed by atoms with Gasteiger partial charge < -0.3 is 10.2 Å². The molecule has 72 valence electrons. The third-order valence-electron chi connectivity index (χ3n) is 3.10. The van der Waals surface area contributed by atoms with Crippen molar-refractivity contribution in [3.05, 3.63) is 0 Å². The van der Waals surface area contributed by atoms with E-state index in [1.165, 1.54) is 26.1 Å². The topological polar surface area (TPSA) is 15.3 Å². The van der Waals surface area contributed by atoms with Crippen LogP contribution in [-0.4, -0.2) is 37.6 Å². The fourth-order valence-electron chi connectivity index (χ4n) is 2.27. The Hall–Kier alpha value is -0.0800. The van der Waals surface area contributed by atoms with E-state index in [0.717, 1.165) is 0 Å². The van der Waals surface area contributed by atoms with Crippen LogP contribution in [-0.2, 0) is 0 Å². The average Bonchev–Trinajstić information content (AvgIpc) is 2.02. The van der Waals surface area contributed by atoms with E-state index >= 15 is 0 Å². The van der Waals surface area contributed by atoms with E-state index in [1.54, 1.807) is 0 Å². The van der Waals surface area contributed by atoms with Gasteiger partial charge in [0.15, 0.2) is 0 Å². The molecule has 1 saturated heterocycles. The van der Waals surface area contributed by atoms with Crippen molar-refractivity contribution in [2.24, 2.45) is 5.41 Å². The minimum Gasteiger partial charge on any atom is -0.316 e. The van der Waals surface area contributed by atoms with Crippen LogP contribution in [0, 0.1) is 5.41 Å². The third kappa shape index (κ3) is 1.99. The Balaban J connectivity index is 2.54. The van der Waals surface area contributed by atoms with Gasteiger partial charge in [-0.05, 0) is 32.0 Å². The SMILES string of the molecule is CCN1CCC(NC)C(C)(C)C1. The summed E-state index contributed by atoms with van der Waals surface area (Å²) in [7, 11) is 2.08. The molecule has 0 radical (unpaired) electrons. The van der Waals surface area contributed by atoms with Gasteiger partial charge in [-0.25, -0.2) is 0 Å². The first-order valence-electron chi connectivity index (χ1n) is 4.99. The maximum Gasteiger partial charge on any atom is 0.0140 e. The Morgan fingerprint density at radius 1 is 1.50 bits per heavy atom. The van der Waals surface area contributed by atoms with Crippen LogP contribution in [0.25, 0.3) is 0 Å². The second-order valence-corrected chi connectivity index (χ2v) is 4.49. The van der Waals surface area contributed by atoms with E-state index in [4.69, 9.17) is 0 Å². The monoisotopic (exact) mass is 170 g/mol. The first-order valence-corrected chi connectivity index (χ1v) is 4.99. The summed E-state index contributed by atoms with van der Waals surface area (Å²) in [6.45, 7) is 10.6. The minimum absolute atomic E-state index is 0.434. The molecule has 0 aliphatic carbocycles. The van der Waals surface area contributed by atoms with E-state index in [0.29, 0.717) is 11.5 Å². The minimum atomic E-state index is 0.434. The van der Waals surface area contributed by atoms with Crippen LogP contribution in [0.2, 0.25) is 0 Å². The zero-order valence-electron chi connectivity index (χ0n) is 8.85. The van der Waals surface area contributed by atoms with Gasteiger partial charge in [0.05, 0.1) is 0 Å². The predicted octanol–water partition coefficient (Wildman–Crippen LogP) is 1.33. The number of piperidine rings is 1. The maximum atomic E-state index is 3.41. The van der Waals surface area contributed by atoms with Gasteiger partial charge in [-0.3, -0.25) is 0 Å². The normalized spacial score (nSPS) is 30.5. The number of hydrogen-bond donors (Lipinski definition) is 1. The van der Waals surface area contributed by atoms with Gasteiger partial charge >= 0.3 is 0 Å². The maximum absolute atomic E-state index is 3.41. The standard InChI is InChI=1S/C10H22N2/c1-5-12-7-6-9(11-4)10(2,3)8-12/h9,11H,5-8H2,1-4H3. The second kappa shape index (κ2) is 3.75. The zero-order valence-corrected chi connectivity index (χ0v) is 8.85. The molecule has 1 unspecified atom stereocenters. The predicted molar refractivity (Wildman–Crippen MR) is 53.4 cm³/mol. The van der Waals surface area contributed by atoms with Gasteiger partial charge in [0.1, 0.15) is 0 Å². The lowest BCUT2D eigenvalue weighted by atomic mass is 9.79. The Kier molecular flexibility index (Phi) is 3.13. The smallest absolute Gasteiger partial charge is 0.0140 e. The molecule has 1 N–H and O–H groups in total. The largest absolute Gasteiger partial charge is 0.316 e. The second-order valence-electron chi connectivity index (χ2n) is 4.49. The molecular formula is C10H22N2. The summed E-state index contributed by atoms with van der Waals surface area (Å²) in [6, 6.07) is 0.695. The van der Waals surface area contributed by atoms with Gasteiger partial charge in [0, 0.05) is 12.6 Å². The molecule has 0 saturated carbocycles. The van der Waals surface area contributed by atoms with Crippen molar-refractivity contribution in [3.63, 3.8) is 0 Å². The molecule has 0 aromatic carbocycles. The van der Waals surface area contributed by atoms with Crippen LogP contribution >= 0.6 is 0 Å². The molecule has 1 fully saturated rings. The van der Waals surface area contributed by atoms with Crippen LogP contribution in [0.4, 0.5) is 0 Å². The first kappa shape index (κ1) is 10.0. The van der Waals surface area contributed by atoms with Crippen LogP contribution in [0.15, 0.2) is 0 Å². The van der Waals surface area contributed by atoms with Crippen molar-refractivity contribution in [3.8, 4) is 0 Å². The lowest BCUT2D eigenvalue weighted by molar-refractivity contribution is 0.0857. The lowest BCUT2D eigenvalue weighted by Gasteiger charge is -2.44. The van der Waals surface area contributed by atoms with Gasteiger partial charge in [0.2, 0.25) is 0 Å². The van der Waals surface area contributed by atoms with Crippen molar-refractivity contribution in [1.82, 2.24) is 10.2 Å². The van der Waals surface area contributed by atoms with Crippen molar-refractivity contribution < 1.29 is 0 Å². The van der Waals surface area contributed by atoms with Gasteiger partial charge in [-0.15, -0.1) is 0 Å². The molecule has 0 amide bonds. The van der Waals surface area contributed by atoms with Crippen molar-refractivity contribution in [1.29, 1.82) is 0 Å². The van der Waals surface area contributed by atoms with Crippen molar-refractivity contribution >= 4 is 0 Å². The molecule has 1 aliphatic rings. The molecule has 12 heavy (non-hydrogen) atoms. The third-order valence-corrected chi connectivity index (χ3v) is 3.10. The van der Waals surface area contributed by atoms with E-state index in [1.807, 2.05) is 0 Å². The average molecular weight is 170 g/mol. The Bertz CT molecular complexity index is 143. The molecule has 0 aromatic rings. The molecule has 2 heteroatoms. The highest BCUT2D eigenvalue weighted by Gasteiger charge is 2.33. The van der Waals surface area contributed by atoms with E-state index in [-0.39, 0.29) is 0 Å². The summed E-state index contributed by atoms with van der Waals surface area (Å²) in [4.78, 5) is 2.54. The summed E-state index contributed by atoms with van der Waals surface area (Å²) in [5.41, 5.74) is 0.434. The van der Waals surface area contributed by atoms with Crippen LogP contribution < -0.4 is 5.32 Å². The van der Waals surface area contributed by atoms with Gasteiger partial charge in [-0.2, -0.15) is 0 Å². The number of nitrogens with zero attached hydrogens (tertiary/aromatic N) is 1. The van der Waals surface area contributed by atoms with Crippen molar-refractivity contribution in [2.45, 2.75) is 33.2 Å². The Morgan fingerprint density at radius 2 is 2.17 bits per heavy atom. The molecule has 0 bridgehead atoms.